The summed E-state index contributed by atoms with van der Waals surface area (Å²) in [5, 5.41) is 2.92. The van der Waals surface area contributed by atoms with E-state index in [0.717, 1.165) is 25.9 Å². The minimum Gasteiger partial charge on any atom is -0.336 e. The number of nitrogens with one attached hydrogen (secondary N) is 1. The summed E-state index contributed by atoms with van der Waals surface area (Å²) in [4.78, 5) is 13.6. The summed E-state index contributed by atoms with van der Waals surface area (Å²) in [6, 6.07) is 0.306. The minimum atomic E-state index is 0.0816. The molecule has 81 valence electrons. The van der Waals surface area contributed by atoms with Crippen LogP contribution in [0, 0.1) is 12.8 Å². The van der Waals surface area contributed by atoms with Gasteiger partial charge in [0, 0.05) is 19.1 Å². The van der Waals surface area contributed by atoms with E-state index in [1.165, 1.54) is 6.42 Å². The van der Waals surface area contributed by atoms with Gasteiger partial charge in [0.2, 0.25) is 0 Å². The fourth-order valence-corrected chi connectivity index (χ4v) is 1.82. The molecule has 0 aromatic carbocycles. The van der Waals surface area contributed by atoms with Gasteiger partial charge in [-0.15, -0.1) is 0 Å². The van der Waals surface area contributed by atoms with Crippen molar-refractivity contribution in [2.75, 3.05) is 13.1 Å². The highest BCUT2D eigenvalue weighted by Gasteiger charge is 2.22. The second kappa shape index (κ2) is 5.23. The molecular formula is C11H21N2O. The van der Waals surface area contributed by atoms with Crippen LogP contribution >= 0.6 is 0 Å². The van der Waals surface area contributed by atoms with Crippen molar-refractivity contribution in [1.82, 2.24) is 10.2 Å². The molecule has 0 bridgehead atoms. The van der Waals surface area contributed by atoms with Gasteiger partial charge >= 0.3 is 6.03 Å². The third-order valence-electron chi connectivity index (χ3n) is 2.63. The molecule has 2 amide bonds. The van der Waals surface area contributed by atoms with Crippen molar-refractivity contribution in [3.05, 3.63) is 6.92 Å². The average Bonchev–Trinajstić information content (AvgIpc) is 2.17. The van der Waals surface area contributed by atoms with Gasteiger partial charge in [-0.1, -0.05) is 6.92 Å². The van der Waals surface area contributed by atoms with E-state index >= 15 is 0 Å². The predicted molar refractivity (Wildman–Crippen MR) is 57.9 cm³/mol. The van der Waals surface area contributed by atoms with E-state index in [1.807, 2.05) is 18.7 Å². The predicted octanol–water partition coefficient (Wildman–Crippen LogP) is 2.04. The summed E-state index contributed by atoms with van der Waals surface area (Å²) in [5.41, 5.74) is 0. The standard InChI is InChI=1S/C11H21N2O/c1-4-10-6-5-7-13(8-10)11(14)12-9(2)3/h9-10H,1,4-8H2,2-3H3,(H,12,14). The smallest absolute Gasteiger partial charge is 0.317 e. The Morgan fingerprint density at radius 2 is 2.36 bits per heavy atom. The van der Waals surface area contributed by atoms with E-state index in [1.54, 1.807) is 0 Å². The summed E-state index contributed by atoms with van der Waals surface area (Å²) in [5.74, 6) is 0.599. The van der Waals surface area contributed by atoms with Crippen LogP contribution in [0.2, 0.25) is 0 Å². The summed E-state index contributed by atoms with van der Waals surface area (Å²) in [6.07, 6.45) is 3.27. The maximum atomic E-state index is 11.7. The van der Waals surface area contributed by atoms with Gasteiger partial charge in [0.25, 0.3) is 0 Å². The molecule has 0 saturated carbocycles. The molecule has 1 radical (unpaired) electrons. The molecule has 0 aromatic heterocycles. The highest BCUT2D eigenvalue weighted by Crippen LogP contribution is 2.18. The van der Waals surface area contributed by atoms with Crippen LogP contribution in [0.25, 0.3) is 0 Å². The minimum absolute atomic E-state index is 0.0816. The van der Waals surface area contributed by atoms with E-state index in [-0.39, 0.29) is 12.1 Å². The lowest BCUT2D eigenvalue weighted by molar-refractivity contribution is 0.164. The van der Waals surface area contributed by atoms with Gasteiger partial charge in [0.1, 0.15) is 0 Å². The molecule has 1 atom stereocenters. The summed E-state index contributed by atoms with van der Waals surface area (Å²) in [6.45, 7) is 9.65. The van der Waals surface area contributed by atoms with Crippen molar-refractivity contribution in [1.29, 1.82) is 0 Å². The Kier molecular flexibility index (Phi) is 4.23. The SMILES string of the molecule is [CH2]CC1CCCN(C(=O)NC(C)C)C1. The fourth-order valence-electron chi connectivity index (χ4n) is 1.82. The van der Waals surface area contributed by atoms with Crippen molar-refractivity contribution < 1.29 is 4.79 Å². The van der Waals surface area contributed by atoms with Gasteiger partial charge in [-0.25, -0.2) is 4.79 Å². The largest absolute Gasteiger partial charge is 0.336 e. The van der Waals surface area contributed by atoms with Crippen LogP contribution in [-0.2, 0) is 0 Å². The van der Waals surface area contributed by atoms with E-state index in [4.69, 9.17) is 0 Å². The molecular weight excluding hydrogens is 176 g/mol. The Bertz CT molecular complexity index is 192. The van der Waals surface area contributed by atoms with Crippen molar-refractivity contribution in [3.63, 3.8) is 0 Å². The number of amides is 2. The Balaban J connectivity index is 2.39. The number of rotatable bonds is 2. The first-order chi connectivity index (χ1) is 6.63. The summed E-state index contributed by atoms with van der Waals surface area (Å²) >= 11 is 0. The highest BCUT2D eigenvalue weighted by molar-refractivity contribution is 5.74. The van der Waals surface area contributed by atoms with Crippen LogP contribution in [0.4, 0.5) is 4.79 Å². The molecule has 1 N–H and O–H groups in total. The zero-order valence-corrected chi connectivity index (χ0v) is 9.25. The van der Waals surface area contributed by atoms with Gasteiger partial charge in [-0.3, -0.25) is 0 Å². The van der Waals surface area contributed by atoms with Crippen LogP contribution < -0.4 is 5.32 Å². The average molecular weight is 197 g/mol. The third-order valence-corrected chi connectivity index (χ3v) is 2.63. The molecule has 1 heterocycles. The van der Waals surface area contributed by atoms with Crippen LogP contribution in [-0.4, -0.2) is 30.1 Å². The summed E-state index contributed by atoms with van der Waals surface area (Å²) in [7, 11) is 0. The van der Waals surface area contributed by atoms with E-state index in [0.29, 0.717) is 5.92 Å². The van der Waals surface area contributed by atoms with Gasteiger partial charge in [0.05, 0.1) is 0 Å². The molecule has 1 unspecified atom stereocenters. The molecule has 14 heavy (non-hydrogen) atoms. The maximum Gasteiger partial charge on any atom is 0.317 e. The number of hydrogen-bond acceptors (Lipinski definition) is 1. The second-order valence-electron chi connectivity index (χ2n) is 4.35. The Morgan fingerprint density at radius 1 is 1.64 bits per heavy atom. The Hall–Kier alpha value is -0.730. The molecule has 1 aliphatic heterocycles. The molecule has 1 rings (SSSR count). The van der Waals surface area contributed by atoms with Crippen LogP contribution in [0.15, 0.2) is 0 Å². The number of urea groups is 1. The van der Waals surface area contributed by atoms with E-state index in [9.17, 15) is 4.79 Å². The normalized spacial score (nSPS) is 22.6. The first-order valence-electron chi connectivity index (χ1n) is 5.48. The number of carbonyl (C=O) groups is 1. The van der Waals surface area contributed by atoms with Crippen molar-refractivity contribution in [3.8, 4) is 0 Å². The van der Waals surface area contributed by atoms with Crippen molar-refractivity contribution in [2.24, 2.45) is 5.92 Å². The van der Waals surface area contributed by atoms with Crippen LogP contribution in [0.3, 0.4) is 0 Å². The second-order valence-corrected chi connectivity index (χ2v) is 4.35. The molecule has 0 spiro atoms. The highest BCUT2D eigenvalue weighted by atomic mass is 16.2. The molecule has 0 aromatic rings. The van der Waals surface area contributed by atoms with Crippen molar-refractivity contribution >= 4 is 6.03 Å². The first kappa shape index (κ1) is 11.3. The molecule has 3 nitrogen and oxygen atoms in total. The molecule has 1 aliphatic rings. The lowest BCUT2D eigenvalue weighted by atomic mass is 9.96. The van der Waals surface area contributed by atoms with Crippen LogP contribution in [0.5, 0.6) is 0 Å². The molecule has 1 fully saturated rings. The number of carbonyl (C=O) groups excluding carboxylic acids is 1. The fraction of sp³-hybridized carbons (Fsp3) is 0.818. The quantitative estimate of drug-likeness (QED) is 0.722. The van der Waals surface area contributed by atoms with Gasteiger partial charge in [0.15, 0.2) is 0 Å². The number of likely N-dealkylation sites (tertiary alicyclic amines) is 1. The van der Waals surface area contributed by atoms with Gasteiger partial charge in [-0.2, -0.15) is 0 Å². The molecule has 3 heteroatoms. The van der Waals surface area contributed by atoms with Gasteiger partial charge in [-0.05, 0) is 39.0 Å². The lowest BCUT2D eigenvalue weighted by Crippen LogP contribution is -2.47. The van der Waals surface area contributed by atoms with Gasteiger partial charge < -0.3 is 10.2 Å². The zero-order valence-electron chi connectivity index (χ0n) is 9.25. The van der Waals surface area contributed by atoms with E-state index in [2.05, 4.69) is 12.2 Å². The third kappa shape index (κ3) is 3.20. The van der Waals surface area contributed by atoms with Crippen LogP contribution in [0.1, 0.15) is 33.1 Å². The topological polar surface area (TPSA) is 32.3 Å². The number of nitrogens with zero attached hydrogens (tertiary/aromatic N) is 1. The maximum absolute atomic E-state index is 11.7. The van der Waals surface area contributed by atoms with E-state index < -0.39 is 0 Å². The molecule has 1 saturated heterocycles. The zero-order chi connectivity index (χ0) is 10.6. The van der Waals surface area contributed by atoms with Crippen molar-refractivity contribution in [2.45, 2.75) is 39.2 Å². The Labute approximate surface area is 86.9 Å². The first-order valence-corrected chi connectivity index (χ1v) is 5.48. The Morgan fingerprint density at radius 3 is 2.93 bits per heavy atom. The monoisotopic (exact) mass is 197 g/mol. The molecule has 0 aliphatic carbocycles. The summed E-state index contributed by atoms with van der Waals surface area (Å²) < 4.78 is 0. The number of hydrogen-bond donors (Lipinski definition) is 1. The lowest BCUT2D eigenvalue weighted by Gasteiger charge is -2.32. The number of piperidine rings is 1.